The zero-order valence-electron chi connectivity index (χ0n) is 16.0. The summed E-state index contributed by atoms with van der Waals surface area (Å²) in [6, 6.07) is 14.5. The van der Waals surface area contributed by atoms with Gasteiger partial charge in [-0.1, -0.05) is 42.4 Å². The molecule has 0 fully saturated rings. The molecule has 30 heavy (non-hydrogen) atoms. The fourth-order valence-electron chi connectivity index (χ4n) is 3.33. The van der Waals surface area contributed by atoms with Crippen LogP contribution in [0.25, 0.3) is 16.6 Å². The molecule has 2 aromatic heterocycles. The number of fused-ring (bicyclic) bond motifs is 1. The van der Waals surface area contributed by atoms with E-state index in [9.17, 15) is 15.2 Å². The molecule has 8 heteroatoms. The number of nitrogens with zero attached hydrogens (tertiary/aromatic N) is 4. The Balaban J connectivity index is 1.91. The van der Waals surface area contributed by atoms with Crippen LogP contribution in [0.1, 0.15) is 29.4 Å². The number of rotatable bonds is 6. The standard InChI is InChI=1S/C22H17ClN4O2S/c1-2-8-26-13-16(12-25-26)27-19-10-15(23)6-7-18(19)21(20(27)11-24)30-17-5-3-4-14(9-17)22(28)29/h3-7,9-10,12-13H,2,8H2,1H3,(H,28,29). The van der Waals surface area contributed by atoms with Crippen molar-refractivity contribution < 1.29 is 9.90 Å². The summed E-state index contributed by atoms with van der Waals surface area (Å²) in [5.74, 6) is -0.990. The van der Waals surface area contributed by atoms with Crippen molar-refractivity contribution in [2.45, 2.75) is 29.7 Å². The lowest BCUT2D eigenvalue weighted by Crippen LogP contribution is -1.98. The maximum Gasteiger partial charge on any atom is 0.335 e. The van der Waals surface area contributed by atoms with Crippen molar-refractivity contribution in [2.24, 2.45) is 0 Å². The Bertz CT molecular complexity index is 1300. The number of hydrogen-bond donors (Lipinski definition) is 1. The molecule has 0 unspecified atom stereocenters. The smallest absolute Gasteiger partial charge is 0.335 e. The molecule has 0 radical (unpaired) electrons. The maximum atomic E-state index is 11.3. The molecule has 0 aliphatic carbocycles. The Morgan fingerprint density at radius 3 is 2.87 bits per heavy atom. The van der Waals surface area contributed by atoms with Crippen LogP contribution in [0.2, 0.25) is 5.02 Å². The third-order valence-corrected chi connectivity index (χ3v) is 5.96. The van der Waals surface area contributed by atoms with E-state index in [4.69, 9.17) is 11.6 Å². The van der Waals surface area contributed by atoms with Gasteiger partial charge in [0.1, 0.15) is 11.8 Å². The number of aryl methyl sites for hydroxylation is 1. The van der Waals surface area contributed by atoms with Crippen molar-refractivity contribution in [3.8, 4) is 11.8 Å². The highest BCUT2D eigenvalue weighted by Gasteiger charge is 2.21. The molecule has 0 aliphatic rings. The summed E-state index contributed by atoms with van der Waals surface area (Å²) in [4.78, 5) is 12.8. The average molecular weight is 437 g/mol. The van der Waals surface area contributed by atoms with Gasteiger partial charge in [0.05, 0.1) is 27.9 Å². The largest absolute Gasteiger partial charge is 0.478 e. The van der Waals surface area contributed by atoms with Gasteiger partial charge in [-0.2, -0.15) is 10.4 Å². The van der Waals surface area contributed by atoms with Gasteiger partial charge in [0, 0.05) is 28.0 Å². The van der Waals surface area contributed by atoms with E-state index < -0.39 is 5.97 Å². The van der Waals surface area contributed by atoms with E-state index in [-0.39, 0.29) is 5.56 Å². The minimum Gasteiger partial charge on any atom is -0.478 e. The van der Waals surface area contributed by atoms with Gasteiger partial charge >= 0.3 is 5.97 Å². The summed E-state index contributed by atoms with van der Waals surface area (Å²) < 4.78 is 3.69. The van der Waals surface area contributed by atoms with Crippen molar-refractivity contribution in [2.75, 3.05) is 0 Å². The predicted molar refractivity (Wildman–Crippen MR) is 117 cm³/mol. The lowest BCUT2D eigenvalue weighted by molar-refractivity contribution is 0.0696. The second kappa shape index (κ2) is 8.27. The number of carboxylic acid groups (broad SMARTS) is 1. The van der Waals surface area contributed by atoms with E-state index in [1.807, 2.05) is 33.6 Å². The van der Waals surface area contributed by atoms with Gasteiger partial charge in [0.25, 0.3) is 0 Å². The van der Waals surface area contributed by atoms with Crippen LogP contribution in [0, 0.1) is 11.3 Å². The third kappa shape index (κ3) is 3.67. The number of halogens is 1. The van der Waals surface area contributed by atoms with Crippen molar-refractivity contribution in [1.29, 1.82) is 5.26 Å². The highest BCUT2D eigenvalue weighted by molar-refractivity contribution is 7.99. The predicted octanol–water partition coefficient (Wildman–Crippen LogP) is 5.61. The summed E-state index contributed by atoms with van der Waals surface area (Å²) >= 11 is 7.63. The van der Waals surface area contributed by atoms with Crippen LogP contribution in [-0.2, 0) is 6.54 Å². The molecule has 0 bridgehead atoms. The van der Waals surface area contributed by atoms with Gasteiger partial charge in [-0.25, -0.2) is 4.79 Å². The van der Waals surface area contributed by atoms with Crippen LogP contribution in [0.5, 0.6) is 0 Å². The number of nitriles is 1. The Morgan fingerprint density at radius 1 is 1.30 bits per heavy atom. The Kier molecular flexibility index (Phi) is 5.53. The molecule has 0 amide bonds. The van der Waals surface area contributed by atoms with Crippen molar-refractivity contribution in [1.82, 2.24) is 14.3 Å². The number of aromatic carboxylic acids is 1. The van der Waals surface area contributed by atoms with Gasteiger partial charge in [-0.15, -0.1) is 0 Å². The van der Waals surface area contributed by atoms with Crippen LogP contribution in [0.15, 0.2) is 64.6 Å². The average Bonchev–Trinajstić information content (AvgIpc) is 3.30. The Morgan fingerprint density at radius 2 is 2.13 bits per heavy atom. The van der Waals surface area contributed by atoms with E-state index in [1.165, 1.54) is 11.8 Å². The molecule has 0 saturated heterocycles. The summed E-state index contributed by atoms with van der Waals surface area (Å²) in [5.41, 5.74) is 2.23. The molecule has 0 saturated carbocycles. The first kappa shape index (κ1) is 20.1. The highest BCUT2D eigenvalue weighted by atomic mass is 35.5. The van der Waals surface area contributed by atoms with Gasteiger partial charge in [0.15, 0.2) is 0 Å². The van der Waals surface area contributed by atoms with Crippen LogP contribution in [0.3, 0.4) is 0 Å². The molecule has 4 aromatic rings. The topological polar surface area (TPSA) is 83.8 Å². The summed E-state index contributed by atoms with van der Waals surface area (Å²) in [5, 5.41) is 25.1. The second-order valence-electron chi connectivity index (χ2n) is 6.68. The SMILES string of the molecule is CCCn1cc(-n2c(C#N)c(Sc3cccc(C(=O)O)c3)c3ccc(Cl)cc32)cn1. The van der Waals surface area contributed by atoms with Gasteiger partial charge in [-0.3, -0.25) is 9.25 Å². The fraction of sp³-hybridized carbons (Fsp3) is 0.136. The number of carbonyl (C=O) groups is 1. The molecule has 0 aliphatic heterocycles. The zero-order chi connectivity index (χ0) is 21.3. The van der Waals surface area contributed by atoms with E-state index in [0.29, 0.717) is 10.7 Å². The van der Waals surface area contributed by atoms with Crippen LogP contribution >= 0.6 is 23.4 Å². The normalized spacial score (nSPS) is 11.0. The van der Waals surface area contributed by atoms with Gasteiger partial charge < -0.3 is 5.11 Å². The summed E-state index contributed by atoms with van der Waals surface area (Å²) in [6.07, 6.45) is 4.59. The molecule has 150 valence electrons. The van der Waals surface area contributed by atoms with Gasteiger partial charge in [-0.05, 0) is 36.8 Å². The second-order valence-corrected chi connectivity index (χ2v) is 8.20. The molecule has 0 spiro atoms. The molecular weight excluding hydrogens is 420 g/mol. The first-order valence-electron chi connectivity index (χ1n) is 9.30. The highest BCUT2D eigenvalue weighted by Crippen LogP contribution is 2.40. The molecule has 6 nitrogen and oxygen atoms in total. The molecule has 1 N–H and O–H groups in total. The quantitative estimate of drug-likeness (QED) is 0.424. The van der Waals surface area contributed by atoms with Crippen molar-refractivity contribution in [3.63, 3.8) is 0 Å². The first-order chi connectivity index (χ1) is 14.5. The van der Waals surface area contributed by atoms with Crippen molar-refractivity contribution in [3.05, 3.63) is 71.1 Å². The summed E-state index contributed by atoms with van der Waals surface area (Å²) in [7, 11) is 0. The molecule has 2 aromatic carbocycles. The fourth-order valence-corrected chi connectivity index (χ4v) is 4.58. The number of carboxylic acids is 1. The lowest BCUT2D eigenvalue weighted by atomic mass is 10.2. The zero-order valence-corrected chi connectivity index (χ0v) is 17.6. The van der Waals surface area contributed by atoms with Crippen molar-refractivity contribution >= 4 is 40.2 Å². The molecular formula is C22H17ClN4O2S. The Hall–Kier alpha value is -3.21. The minimum absolute atomic E-state index is 0.200. The van der Waals surface area contributed by atoms with E-state index in [1.54, 1.807) is 30.5 Å². The number of benzene rings is 2. The first-order valence-corrected chi connectivity index (χ1v) is 10.5. The lowest BCUT2D eigenvalue weighted by Gasteiger charge is -2.05. The van der Waals surface area contributed by atoms with E-state index in [2.05, 4.69) is 18.1 Å². The third-order valence-electron chi connectivity index (χ3n) is 4.62. The number of hydrogen-bond acceptors (Lipinski definition) is 4. The summed E-state index contributed by atoms with van der Waals surface area (Å²) in [6.45, 7) is 2.86. The van der Waals surface area contributed by atoms with Crippen LogP contribution < -0.4 is 0 Å². The van der Waals surface area contributed by atoms with Gasteiger partial charge in [0.2, 0.25) is 0 Å². The Labute approximate surface area is 182 Å². The molecule has 4 rings (SSSR count). The monoisotopic (exact) mass is 436 g/mol. The van der Waals surface area contributed by atoms with Crippen LogP contribution in [-0.4, -0.2) is 25.4 Å². The van der Waals surface area contributed by atoms with Crippen LogP contribution in [0.4, 0.5) is 0 Å². The minimum atomic E-state index is -0.990. The molecule has 0 atom stereocenters. The van der Waals surface area contributed by atoms with E-state index >= 15 is 0 Å². The maximum absolute atomic E-state index is 11.3. The molecule has 2 heterocycles. The number of aromatic nitrogens is 3. The van der Waals surface area contributed by atoms with E-state index in [0.717, 1.165) is 39.3 Å².